The number of rotatable bonds is 4. The highest BCUT2D eigenvalue weighted by molar-refractivity contribution is 4.80. The van der Waals surface area contributed by atoms with Crippen LogP contribution in [-0.2, 0) is 0 Å². The van der Waals surface area contributed by atoms with Crippen LogP contribution in [0.15, 0.2) is 0 Å². The van der Waals surface area contributed by atoms with E-state index in [-0.39, 0.29) is 0 Å². The van der Waals surface area contributed by atoms with Gasteiger partial charge >= 0.3 is 0 Å². The average molecular weight is 195 g/mol. The van der Waals surface area contributed by atoms with Gasteiger partial charge in [0.2, 0.25) is 0 Å². The van der Waals surface area contributed by atoms with Crippen LogP contribution >= 0.6 is 0 Å². The Hall–Kier alpha value is -0.590. The third-order valence-corrected chi connectivity index (χ3v) is 3.18. The molecule has 1 rings (SSSR count). The molecule has 3 nitrogen and oxygen atoms in total. The fourth-order valence-electron chi connectivity index (χ4n) is 2.13. The molecule has 0 saturated carbocycles. The van der Waals surface area contributed by atoms with Crippen LogP contribution in [0.5, 0.6) is 0 Å². The van der Waals surface area contributed by atoms with Gasteiger partial charge in [-0.25, -0.2) is 0 Å². The van der Waals surface area contributed by atoms with Crippen LogP contribution in [-0.4, -0.2) is 30.6 Å². The van der Waals surface area contributed by atoms with Crippen molar-refractivity contribution in [2.45, 2.75) is 38.6 Å². The summed E-state index contributed by atoms with van der Waals surface area (Å²) in [5.41, 5.74) is 5.69. The van der Waals surface area contributed by atoms with E-state index in [1.807, 2.05) is 0 Å². The fourth-order valence-corrected chi connectivity index (χ4v) is 2.13. The van der Waals surface area contributed by atoms with Crippen molar-refractivity contribution < 1.29 is 0 Å². The SMILES string of the molecule is CC1CCC(CN)CN1CCCC#N. The smallest absolute Gasteiger partial charge is 0.0622 e. The zero-order valence-corrected chi connectivity index (χ0v) is 9.08. The molecular weight excluding hydrogens is 174 g/mol. The molecule has 3 heteroatoms. The Balaban J connectivity index is 2.29. The first-order chi connectivity index (χ1) is 6.77. The summed E-state index contributed by atoms with van der Waals surface area (Å²) >= 11 is 0. The Kier molecular flexibility index (Phi) is 4.92. The van der Waals surface area contributed by atoms with E-state index in [1.54, 1.807) is 0 Å². The summed E-state index contributed by atoms with van der Waals surface area (Å²) in [6, 6.07) is 2.87. The maximum Gasteiger partial charge on any atom is 0.0622 e. The normalized spacial score (nSPS) is 28.6. The molecule has 2 unspecified atom stereocenters. The van der Waals surface area contributed by atoms with E-state index in [2.05, 4.69) is 17.9 Å². The summed E-state index contributed by atoms with van der Waals surface area (Å²) in [4.78, 5) is 2.48. The molecule has 0 aromatic heterocycles. The lowest BCUT2D eigenvalue weighted by Crippen LogP contribution is -2.44. The average Bonchev–Trinajstić information content (AvgIpc) is 2.21. The van der Waals surface area contributed by atoms with Gasteiger partial charge in [-0.2, -0.15) is 5.26 Å². The number of likely N-dealkylation sites (tertiary alicyclic amines) is 1. The van der Waals surface area contributed by atoms with Crippen LogP contribution in [0.3, 0.4) is 0 Å². The number of hydrogen-bond donors (Lipinski definition) is 1. The zero-order chi connectivity index (χ0) is 10.4. The minimum atomic E-state index is 0.674. The van der Waals surface area contributed by atoms with Gasteiger partial charge in [-0.15, -0.1) is 0 Å². The number of unbranched alkanes of at least 4 members (excludes halogenated alkanes) is 1. The second kappa shape index (κ2) is 6.00. The van der Waals surface area contributed by atoms with Crippen molar-refractivity contribution in [3.8, 4) is 6.07 Å². The highest BCUT2D eigenvalue weighted by Crippen LogP contribution is 2.21. The van der Waals surface area contributed by atoms with Gasteiger partial charge in [0.05, 0.1) is 6.07 Å². The van der Waals surface area contributed by atoms with E-state index in [4.69, 9.17) is 11.0 Å². The molecule has 0 bridgehead atoms. The number of nitriles is 1. The van der Waals surface area contributed by atoms with Crippen molar-refractivity contribution in [2.75, 3.05) is 19.6 Å². The third-order valence-electron chi connectivity index (χ3n) is 3.18. The molecule has 0 spiro atoms. The molecule has 1 saturated heterocycles. The maximum atomic E-state index is 8.47. The lowest BCUT2D eigenvalue weighted by Gasteiger charge is -2.37. The first-order valence-electron chi connectivity index (χ1n) is 5.59. The van der Waals surface area contributed by atoms with Gasteiger partial charge in [0.15, 0.2) is 0 Å². The lowest BCUT2D eigenvalue weighted by molar-refractivity contribution is 0.120. The second-order valence-corrected chi connectivity index (χ2v) is 4.28. The van der Waals surface area contributed by atoms with Gasteiger partial charge in [-0.05, 0) is 45.2 Å². The first-order valence-corrected chi connectivity index (χ1v) is 5.59. The van der Waals surface area contributed by atoms with Gasteiger partial charge < -0.3 is 10.6 Å². The molecule has 0 radical (unpaired) electrons. The van der Waals surface area contributed by atoms with E-state index < -0.39 is 0 Å². The molecule has 2 atom stereocenters. The molecule has 1 fully saturated rings. The largest absolute Gasteiger partial charge is 0.330 e. The molecule has 80 valence electrons. The highest BCUT2D eigenvalue weighted by Gasteiger charge is 2.23. The van der Waals surface area contributed by atoms with Crippen LogP contribution in [0.4, 0.5) is 0 Å². The van der Waals surface area contributed by atoms with Gasteiger partial charge in [0.1, 0.15) is 0 Å². The molecule has 0 aliphatic carbocycles. The fraction of sp³-hybridized carbons (Fsp3) is 0.909. The van der Waals surface area contributed by atoms with Gasteiger partial charge in [-0.1, -0.05) is 0 Å². The van der Waals surface area contributed by atoms with Crippen LogP contribution in [0.2, 0.25) is 0 Å². The van der Waals surface area contributed by atoms with Crippen LogP contribution in [0, 0.1) is 17.2 Å². The minimum Gasteiger partial charge on any atom is -0.330 e. The highest BCUT2D eigenvalue weighted by atomic mass is 15.2. The van der Waals surface area contributed by atoms with Crippen LogP contribution < -0.4 is 5.73 Å². The lowest BCUT2D eigenvalue weighted by atomic mass is 9.93. The summed E-state index contributed by atoms with van der Waals surface area (Å²) in [6.45, 7) is 5.27. The Morgan fingerprint density at radius 2 is 2.29 bits per heavy atom. The Bertz CT molecular complexity index is 197. The van der Waals surface area contributed by atoms with Crippen LogP contribution in [0.1, 0.15) is 32.6 Å². The standard InChI is InChI=1S/C11H21N3/c1-10-4-5-11(8-13)9-14(10)7-3-2-6-12/h10-11H,2-5,7-9,13H2,1H3. The van der Waals surface area contributed by atoms with E-state index in [0.29, 0.717) is 18.4 Å². The molecule has 2 N–H and O–H groups in total. The maximum absolute atomic E-state index is 8.47. The number of piperidine rings is 1. The predicted octanol–water partition coefficient (Wildman–Crippen LogP) is 1.35. The van der Waals surface area contributed by atoms with E-state index >= 15 is 0 Å². The number of hydrogen-bond acceptors (Lipinski definition) is 3. The zero-order valence-electron chi connectivity index (χ0n) is 9.08. The van der Waals surface area contributed by atoms with Crippen molar-refractivity contribution >= 4 is 0 Å². The van der Waals surface area contributed by atoms with Crippen molar-refractivity contribution in [3.63, 3.8) is 0 Å². The summed E-state index contributed by atoms with van der Waals surface area (Å²) in [5, 5.41) is 8.47. The van der Waals surface area contributed by atoms with Crippen molar-refractivity contribution in [3.05, 3.63) is 0 Å². The monoisotopic (exact) mass is 195 g/mol. The summed E-state index contributed by atoms with van der Waals surface area (Å²) < 4.78 is 0. The quantitative estimate of drug-likeness (QED) is 0.689. The van der Waals surface area contributed by atoms with E-state index in [0.717, 1.165) is 26.1 Å². The minimum absolute atomic E-state index is 0.674. The Morgan fingerprint density at radius 1 is 1.50 bits per heavy atom. The van der Waals surface area contributed by atoms with Gasteiger partial charge in [0.25, 0.3) is 0 Å². The number of nitrogens with two attached hydrogens (primary N) is 1. The Morgan fingerprint density at radius 3 is 2.93 bits per heavy atom. The molecule has 1 aliphatic rings. The molecule has 0 amide bonds. The summed E-state index contributed by atoms with van der Waals surface area (Å²) in [6.07, 6.45) is 4.20. The molecule has 1 heterocycles. The van der Waals surface area contributed by atoms with E-state index in [9.17, 15) is 0 Å². The molecular formula is C11H21N3. The molecule has 0 aromatic carbocycles. The molecule has 14 heavy (non-hydrogen) atoms. The second-order valence-electron chi connectivity index (χ2n) is 4.28. The Labute approximate surface area is 86.9 Å². The van der Waals surface area contributed by atoms with E-state index in [1.165, 1.54) is 12.8 Å². The predicted molar refractivity (Wildman–Crippen MR) is 57.7 cm³/mol. The van der Waals surface area contributed by atoms with Crippen molar-refractivity contribution in [1.29, 1.82) is 5.26 Å². The van der Waals surface area contributed by atoms with Crippen molar-refractivity contribution in [2.24, 2.45) is 11.7 Å². The van der Waals surface area contributed by atoms with Gasteiger partial charge in [0, 0.05) is 19.0 Å². The molecule has 0 aromatic rings. The third kappa shape index (κ3) is 3.28. The summed E-state index contributed by atoms with van der Waals surface area (Å²) in [5.74, 6) is 0.674. The van der Waals surface area contributed by atoms with Crippen molar-refractivity contribution in [1.82, 2.24) is 4.90 Å². The molecule has 1 aliphatic heterocycles. The van der Waals surface area contributed by atoms with Gasteiger partial charge in [-0.3, -0.25) is 0 Å². The topological polar surface area (TPSA) is 53.0 Å². The van der Waals surface area contributed by atoms with Crippen LogP contribution in [0.25, 0.3) is 0 Å². The first kappa shape index (κ1) is 11.5. The number of nitrogens with zero attached hydrogens (tertiary/aromatic N) is 2. The summed E-state index contributed by atoms with van der Waals surface area (Å²) in [7, 11) is 0.